The quantitative estimate of drug-likeness (QED) is 0.767. The predicted molar refractivity (Wildman–Crippen MR) is 101 cm³/mol. The maximum absolute atomic E-state index is 12.9. The summed E-state index contributed by atoms with van der Waals surface area (Å²) in [6, 6.07) is 10.6. The molecule has 26 heavy (non-hydrogen) atoms. The first kappa shape index (κ1) is 17.8. The first-order chi connectivity index (χ1) is 12.5. The topological polar surface area (TPSA) is 76.9 Å². The van der Waals surface area contributed by atoms with E-state index in [0.717, 1.165) is 5.56 Å². The van der Waals surface area contributed by atoms with Gasteiger partial charge in [0, 0.05) is 24.3 Å². The van der Waals surface area contributed by atoms with Gasteiger partial charge < -0.3 is 5.32 Å². The average Bonchev–Trinajstić information content (AvgIpc) is 2.64. The molecule has 6 heteroatoms. The maximum atomic E-state index is 12.9. The lowest BCUT2D eigenvalue weighted by Gasteiger charge is -2.16. The third-order valence-corrected chi connectivity index (χ3v) is 4.15. The average molecular weight is 350 g/mol. The highest BCUT2D eigenvalue weighted by Gasteiger charge is 2.19. The van der Waals surface area contributed by atoms with Crippen molar-refractivity contribution >= 4 is 16.7 Å². The lowest BCUT2D eigenvalue weighted by atomic mass is 10.1. The number of nitrogens with one attached hydrogen (secondary N) is 1. The van der Waals surface area contributed by atoms with E-state index in [9.17, 15) is 9.59 Å². The Labute approximate surface area is 151 Å². The highest BCUT2D eigenvalue weighted by molar-refractivity contribution is 6.04. The zero-order valence-electron chi connectivity index (χ0n) is 15.1. The summed E-state index contributed by atoms with van der Waals surface area (Å²) in [4.78, 5) is 29.6. The molecule has 1 unspecified atom stereocenters. The molecular formula is C20H22N4O2. The first-order valence-corrected chi connectivity index (χ1v) is 8.68. The van der Waals surface area contributed by atoms with Crippen molar-refractivity contribution in [2.75, 3.05) is 0 Å². The summed E-state index contributed by atoms with van der Waals surface area (Å²) in [5, 5.41) is 8.38. The fourth-order valence-electron chi connectivity index (χ4n) is 2.85. The summed E-state index contributed by atoms with van der Waals surface area (Å²) < 4.78 is 1.39. The molecule has 1 N–H and O–H groups in total. The zero-order chi connectivity index (χ0) is 18.7. The van der Waals surface area contributed by atoms with E-state index in [1.807, 2.05) is 32.9 Å². The highest BCUT2D eigenvalue weighted by atomic mass is 16.2. The molecule has 0 fully saturated rings. The molecule has 3 aromatic rings. The van der Waals surface area contributed by atoms with Crippen molar-refractivity contribution < 1.29 is 4.79 Å². The van der Waals surface area contributed by atoms with Gasteiger partial charge in [-0.3, -0.25) is 14.6 Å². The monoisotopic (exact) mass is 350 g/mol. The van der Waals surface area contributed by atoms with Crippen LogP contribution in [0.2, 0.25) is 0 Å². The van der Waals surface area contributed by atoms with Gasteiger partial charge in [-0.2, -0.15) is 5.10 Å². The van der Waals surface area contributed by atoms with Crippen LogP contribution in [-0.4, -0.2) is 20.7 Å². The lowest BCUT2D eigenvalue weighted by Crippen LogP contribution is -2.32. The number of carbonyl (C=O) groups excluding carboxylic acids is 1. The third-order valence-electron chi connectivity index (χ3n) is 4.15. The van der Waals surface area contributed by atoms with Crippen molar-refractivity contribution in [1.29, 1.82) is 0 Å². The van der Waals surface area contributed by atoms with Crippen LogP contribution in [0.1, 0.15) is 42.9 Å². The van der Waals surface area contributed by atoms with Crippen molar-refractivity contribution in [2.24, 2.45) is 5.92 Å². The van der Waals surface area contributed by atoms with E-state index in [1.54, 1.807) is 36.7 Å². The second kappa shape index (κ2) is 7.47. The molecule has 1 atom stereocenters. The number of carbonyl (C=O) groups is 1. The van der Waals surface area contributed by atoms with Gasteiger partial charge in [0.2, 0.25) is 0 Å². The molecule has 0 aliphatic heterocycles. The number of hydrogen-bond acceptors (Lipinski definition) is 4. The summed E-state index contributed by atoms with van der Waals surface area (Å²) in [5.74, 6) is -0.0679. The molecule has 6 nitrogen and oxygen atoms in total. The standard InChI is InChI=1S/C20H22N4O2/c1-13(2)12-24-20(26)17-9-5-4-8-16(17)18(23-24)19(25)22-14(3)15-7-6-10-21-11-15/h4-11,13-14H,12H2,1-3H3,(H,22,25). The van der Waals surface area contributed by atoms with Crippen LogP contribution in [0.15, 0.2) is 53.6 Å². The lowest BCUT2D eigenvalue weighted by molar-refractivity contribution is 0.0934. The van der Waals surface area contributed by atoms with Crippen LogP contribution in [0.5, 0.6) is 0 Å². The molecule has 3 rings (SSSR count). The number of nitrogens with zero attached hydrogens (tertiary/aromatic N) is 3. The number of rotatable bonds is 5. The Balaban J connectivity index is 2.01. The summed E-state index contributed by atoms with van der Waals surface area (Å²) in [6.45, 7) is 6.37. The number of benzene rings is 1. The van der Waals surface area contributed by atoms with Gasteiger partial charge in [0.1, 0.15) is 0 Å². The Morgan fingerprint density at radius 2 is 1.85 bits per heavy atom. The molecule has 0 aliphatic carbocycles. The molecule has 0 aliphatic rings. The maximum Gasteiger partial charge on any atom is 0.274 e. The highest BCUT2D eigenvalue weighted by Crippen LogP contribution is 2.16. The Kier molecular flexibility index (Phi) is 5.11. The van der Waals surface area contributed by atoms with Crippen LogP contribution in [-0.2, 0) is 6.54 Å². The second-order valence-corrected chi connectivity index (χ2v) is 6.76. The van der Waals surface area contributed by atoms with Gasteiger partial charge in [-0.25, -0.2) is 4.68 Å². The molecule has 2 heterocycles. The van der Waals surface area contributed by atoms with Crippen molar-refractivity contribution in [3.63, 3.8) is 0 Å². The molecule has 0 saturated heterocycles. The van der Waals surface area contributed by atoms with Gasteiger partial charge in [-0.1, -0.05) is 38.1 Å². The normalized spacial score (nSPS) is 12.3. The van der Waals surface area contributed by atoms with Gasteiger partial charge in [-0.05, 0) is 30.5 Å². The Morgan fingerprint density at radius 1 is 1.12 bits per heavy atom. The van der Waals surface area contributed by atoms with Gasteiger partial charge >= 0.3 is 0 Å². The van der Waals surface area contributed by atoms with E-state index in [-0.39, 0.29) is 29.1 Å². The smallest absolute Gasteiger partial charge is 0.274 e. The molecule has 0 spiro atoms. The van der Waals surface area contributed by atoms with E-state index in [2.05, 4.69) is 15.4 Å². The number of pyridine rings is 1. The van der Waals surface area contributed by atoms with Crippen LogP contribution in [0.3, 0.4) is 0 Å². The van der Waals surface area contributed by atoms with Gasteiger partial charge in [0.05, 0.1) is 11.4 Å². The van der Waals surface area contributed by atoms with Crippen LogP contribution < -0.4 is 10.9 Å². The molecule has 1 aromatic carbocycles. The van der Waals surface area contributed by atoms with E-state index < -0.39 is 0 Å². The van der Waals surface area contributed by atoms with Crippen molar-refractivity contribution in [3.8, 4) is 0 Å². The summed E-state index contributed by atoms with van der Waals surface area (Å²) in [6.07, 6.45) is 3.41. The fraction of sp³-hybridized carbons (Fsp3) is 0.300. The summed E-state index contributed by atoms with van der Waals surface area (Å²) in [5.41, 5.74) is 0.989. The van der Waals surface area contributed by atoms with Crippen LogP contribution in [0.4, 0.5) is 0 Å². The fourth-order valence-corrected chi connectivity index (χ4v) is 2.85. The molecule has 0 saturated carbocycles. The van der Waals surface area contributed by atoms with Crippen molar-refractivity contribution in [2.45, 2.75) is 33.4 Å². The minimum Gasteiger partial charge on any atom is -0.344 e. The summed E-state index contributed by atoms with van der Waals surface area (Å²) in [7, 11) is 0. The molecule has 1 amide bonds. The van der Waals surface area contributed by atoms with E-state index >= 15 is 0 Å². The Hall–Kier alpha value is -3.02. The number of hydrogen-bond donors (Lipinski definition) is 1. The largest absolute Gasteiger partial charge is 0.344 e. The SMILES string of the molecule is CC(C)Cn1nc(C(=O)NC(C)c2cccnc2)c2ccccc2c1=O. The molecular weight excluding hydrogens is 328 g/mol. The van der Waals surface area contributed by atoms with E-state index in [0.29, 0.717) is 17.3 Å². The number of fused-ring (bicyclic) bond motifs is 1. The molecule has 0 radical (unpaired) electrons. The van der Waals surface area contributed by atoms with Crippen molar-refractivity contribution in [1.82, 2.24) is 20.1 Å². The molecule has 0 bridgehead atoms. The van der Waals surface area contributed by atoms with Gasteiger partial charge in [-0.15, -0.1) is 0 Å². The minimum atomic E-state index is -0.310. The minimum absolute atomic E-state index is 0.175. The first-order valence-electron chi connectivity index (χ1n) is 8.68. The van der Waals surface area contributed by atoms with Crippen LogP contribution in [0.25, 0.3) is 10.8 Å². The van der Waals surface area contributed by atoms with E-state index in [1.165, 1.54) is 4.68 Å². The number of aromatic nitrogens is 3. The van der Waals surface area contributed by atoms with Crippen molar-refractivity contribution in [3.05, 3.63) is 70.4 Å². The van der Waals surface area contributed by atoms with Crippen LogP contribution in [0, 0.1) is 5.92 Å². The Bertz CT molecular complexity index is 980. The zero-order valence-corrected chi connectivity index (χ0v) is 15.1. The molecule has 134 valence electrons. The third kappa shape index (κ3) is 3.64. The van der Waals surface area contributed by atoms with Gasteiger partial charge in [0.15, 0.2) is 5.69 Å². The summed E-state index contributed by atoms with van der Waals surface area (Å²) >= 11 is 0. The van der Waals surface area contributed by atoms with Crippen LogP contribution >= 0.6 is 0 Å². The number of amides is 1. The Morgan fingerprint density at radius 3 is 2.50 bits per heavy atom. The predicted octanol–water partition coefficient (Wildman–Crippen LogP) is 2.94. The molecule has 2 aromatic heterocycles. The second-order valence-electron chi connectivity index (χ2n) is 6.76. The van der Waals surface area contributed by atoms with Gasteiger partial charge in [0.25, 0.3) is 11.5 Å². The van der Waals surface area contributed by atoms with E-state index in [4.69, 9.17) is 0 Å².